The molecule has 0 saturated carbocycles. The molecule has 0 unspecified atom stereocenters. The van der Waals surface area contributed by atoms with Crippen LogP contribution in [0, 0.1) is 0 Å². The van der Waals surface area contributed by atoms with Crippen LogP contribution in [0.25, 0.3) is 11.4 Å². The van der Waals surface area contributed by atoms with E-state index in [4.69, 9.17) is 4.74 Å². The maximum Gasteiger partial charge on any atom is 0.342 e. The van der Waals surface area contributed by atoms with Crippen LogP contribution in [0.5, 0.6) is 0 Å². The first-order chi connectivity index (χ1) is 13.7. The fourth-order valence-corrected chi connectivity index (χ4v) is 3.19. The molecule has 3 aromatic rings. The van der Waals surface area contributed by atoms with Gasteiger partial charge in [0.1, 0.15) is 10.6 Å². The average Bonchev–Trinajstić information content (AvgIpc) is 2.73. The van der Waals surface area contributed by atoms with Crippen LogP contribution in [0.2, 0.25) is 0 Å². The molecule has 1 aromatic heterocycles. The maximum atomic E-state index is 12.3. The zero-order valence-corrected chi connectivity index (χ0v) is 16.1. The minimum absolute atomic E-state index is 0.104. The first-order valence-corrected chi connectivity index (χ1v) is 9.73. The van der Waals surface area contributed by atoms with E-state index in [1.165, 1.54) is 18.0 Å². The molecule has 142 valence electrons. The van der Waals surface area contributed by atoms with Crippen molar-refractivity contribution in [3.05, 3.63) is 72.4 Å². The Morgan fingerprint density at radius 1 is 1.04 bits per heavy atom. The van der Waals surface area contributed by atoms with Gasteiger partial charge in [0.05, 0.1) is 12.4 Å². The van der Waals surface area contributed by atoms with Gasteiger partial charge in [-0.25, -0.2) is 14.8 Å². The smallest absolute Gasteiger partial charge is 0.342 e. The molecule has 0 bridgehead atoms. The Bertz CT molecular complexity index is 950. The van der Waals surface area contributed by atoms with E-state index in [-0.39, 0.29) is 23.8 Å². The Hall–Kier alpha value is -3.19. The van der Waals surface area contributed by atoms with Crippen LogP contribution in [-0.4, -0.2) is 34.2 Å². The minimum atomic E-state index is -0.506. The van der Waals surface area contributed by atoms with E-state index in [1.54, 1.807) is 6.92 Å². The van der Waals surface area contributed by atoms with Crippen molar-refractivity contribution in [3.63, 3.8) is 0 Å². The summed E-state index contributed by atoms with van der Waals surface area (Å²) in [7, 11) is 0. The molecular weight excluding hydrogens is 374 g/mol. The number of aromatic nitrogens is 2. The Morgan fingerprint density at radius 2 is 1.71 bits per heavy atom. The van der Waals surface area contributed by atoms with Gasteiger partial charge in [0.2, 0.25) is 5.91 Å². The van der Waals surface area contributed by atoms with Crippen molar-refractivity contribution >= 4 is 29.3 Å². The molecule has 0 spiro atoms. The first kappa shape index (κ1) is 19.6. The van der Waals surface area contributed by atoms with Crippen LogP contribution in [0.15, 0.2) is 71.9 Å². The Balaban J connectivity index is 1.79. The molecule has 3 rings (SSSR count). The number of rotatable bonds is 7. The van der Waals surface area contributed by atoms with E-state index in [0.29, 0.717) is 16.5 Å². The molecule has 1 N–H and O–H groups in total. The monoisotopic (exact) mass is 393 g/mol. The van der Waals surface area contributed by atoms with Crippen molar-refractivity contribution in [1.29, 1.82) is 0 Å². The number of ether oxygens (including phenoxy) is 1. The van der Waals surface area contributed by atoms with Crippen LogP contribution in [0.1, 0.15) is 17.3 Å². The van der Waals surface area contributed by atoms with Gasteiger partial charge in [0, 0.05) is 17.4 Å². The SMILES string of the molecule is CCOC(=O)c1cnc(-c2ccccc2)nc1SCC(=O)Nc1ccccc1. The topological polar surface area (TPSA) is 81.2 Å². The summed E-state index contributed by atoms with van der Waals surface area (Å²) in [6.45, 7) is 1.98. The Labute approximate surface area is 167 Å². The zero-order valence-electron chi connectivity index (χ0n) is 15.3. The molecule has 0 aliphatic carbocycles. The van der Waals surface area contributed by atoms with Crippen LogP contribution in [0.3, 0.4) is 0 Å². The van der Waals surface area contributed by atoms with Crippen LogP contribution >= 0.6 is 11.8 Å². The molecule has 0 aliphatic heterocycles. The summed E-state index contributed by atoms with van der Waals surface area (Å²) in [6.07, 6.45) is 1.45. The number of amides is 1. The third-order valence-electron chi connectivity index (χ3n) is 3.68. The molecule has 6 nitrogen and oxygen atoms in total. The lowest BCUT2D eigenvalue weighted by molar-refractivity contribution is -0.113. The summed E-state index contributed by atoms with van der Waals surface area (Å²) in [5, 5.41) is 3.23. The largest absolute Gasteiger partial charge is 0.462 e. The number of esters is 1. The van der Waals surface area contributed by atoms with Gasteiger partial charge >= 0.3 is 5.97 Å². The highest BCUT2D eigenvalue weighted by atomic mass is 32.2. The van der Waals surface area contributed by atoms with Gasteiger partial charge in [-0.2, -0.15) is 0 Å². The molecule has 0 radical (unpaired) electrons. The third kappa shape index (κ3) is 5.17. The molecule has 1 amide bonds. The summed E-state index contributed by atoms with van der Waals surface area (Å²) in [6, 6.07) is 18.6. The predicted octanol–water partition coefficient (Wildman–Crippen LogP) is 4.05. The fraction of sp³-hybridized carbons (Fsp3) is 0.143. The third-order valence-corrected chi connectivity index (χ3v) is 4.67. The average molecular weight is 393 g/mol. The summed E-state index contributed by atoms with van der Waals surface area (Å²) in [4.78, 5) is 33.3. The minimum Gasteiger partial charge on any atom is -0.462 e. The van der Waals surface area contributed by atoms with E-state index in [1.807, 2.05) is 60.7 Å². The highest BCUT2D eigenvalue weighted by Crippen LogP contribution is 2.24. The molecule has 1 heterocycles. The van der Waals surface area contributed by atoms with E-state index in [0.717, 1.165) is 5.56 Å². The van der Waals surface area contributed by atoms with E-state index in [2.05, 4.69) is 15.3 Å². The quantitative estimate of drug-likeness (QED) is 0.370. The van der Waals surface area contributed by atoms with Crippen LogP contribution in [-0.2, 0) is 9.53 Å². The second kappa shape index (κ2) is 9.66. The molecule has 0 fully saturated rings. The Kier molecular flexibility index (Phi) is 6.75. The number of para-hydroxylation sites is 1. The second-order valence-electron chi connectivity index (χ2n) is 5.70. The van der Waals surface area contributed by atoms with Crippen molar-refractivity contribution < 1.29 is 14.3 Å². The van der Waals surface area contributed by atoms with Crippen molar-refractivity contribution in [2.45, 2.75) is 11.9 Å². The van der Waals surface area contributed by atoms with Gasteiger partial charge in [-0.15, -0.1) is 0 Å². The lowest BCUT2D eigenvalue weighted by Gasteiger charge is -2.10. The van der Waals surface area contributed by atoms with Crippen molar-refractivity contribution in [3.8, 4) is 11.4 Å². The van der Waals surface area contributed by atoms with Gasteiger partial charge < -0.3 is 10.1 Å². The van der Waals surface area contributed by atoms with Gasteiger partial charge in [-0.3, -0.25) is 4.79 Å². The number of benzene rings is 2. The fourth-order valence-electron chi connectivity index (χ4n) is 2.40. The zero-order chi connectivity index (χ0) is 19.8. The van der Waals surface area contributed by atoms with Crippen molar-refractivity contribution in [2.24, 2.45) is 0 Å². The number of hydrogen-bond acceptors (Lipinski definition) is 6. The maximum absolute atomic E-state index is 12.3. The summed E-state index contributed by atoms with van der Waals surface area (Å²) in [5.41, 5.74) is 1.79. The standard InChI is InChI=1S/C21H19N3O3S/c1-2-27-21(26)17-13-22-19(15-9-5-3-6-10-15)24-20(17)28-14-18(25)23-16-11-7-4-8-12-16/h3-13H,2,14H2,1H3,(H,23,25). The van der Waals surface area contributed by atoms with Gasteiger partial charge in [-0.1, -0.05) is 60.3 Å². The molecule has 0 aliphatic rings. The number of thioether (sulfide) groups is 1. The van der Waals surface area contributed by atoms with Gasteiger partial charge in [0.25, 0.3) is 0 Å². The van der Waals surface area contributed by atoms with Crippen molar-refractivity contribution in [1.82, 2.24) is 9.97 Å². The summed E-state index contributed by atoms with van der Waals surface area (Å²) >= 11 is 1.17. The van der Waals surface area contributed by atoms with Gasteiger partial charge in [-0.05, 0) is 19.1 Å². The molecule has 0 saturated heterocycles. The van der Waals surface area contributed by atoms with E-state index >= 15 is 0 Å². The van der Waals surface area contributed by atoms with Gasteiger partial charge in [0.15, 0.2) is 5.82 Å². The van der Waals surface area contributed by atoms with Crippen LogP contribution < -0.4 is 5.32 Å². The number of nitrogens with zero attached hydrogens (tertiary/aromatic N) is 2. The normalized spacial score (nSPS) is 10.3. The number of carbonyl (C=O) groups is 2. The number of carbonyl (C=O) groups excluding carboxylic acids is 2. The summed E-state index contributed by atoms with van der Waals surface area (Å²) < 4.78 is 5.08. The molecule has 28 heavy (non-hydrogen) atoms. The molecule has 2 aromatic carbocycles. The summed E-state index contributed by atoms with van der Waals surface area (Å²) in [5.74, 6) is -0.106. The molecular formula is C21H19N3O3S. The number of hydrogen-bond donors (Lipinski definition) is 1. The number of nitrogens with one attached hydrogen (secondary N) is 1. The van der Waals surface area contributed by atoms with E-state index < -0.39 is 5.97 Å². The second-order valence-corrected chi connectivity index (χ2v) is 6.67. The highest BCUT2D eigenvalue weighted by molar-refractivity contribution is 8.00. The van der Waals surface area contributed by atoms with Crippen LogP contribution in [0.4, 0.5) is 5.69 Å². The molecule has 7 heteroatoms. The lowest BCUT2D eigenvalue weighted by atomic mass is 10.2. The number of anilines is 1. The van der Waals surface area contributed by atoms with Crippen molar-refractivity contribution in [2.75, 3.05) is 17.7 Å². The molecule has 0 atom stereocenters. The predicted molar refractivity (Wildman–Crippen MR) is 109 cm³/mol. The Morgan fingerprint density at radius 3 is 2.39 bits per heavy atom. The van der Waals surface area contributed by atoms with E-state index in [9.17, 15) is 9.59 Å². The highest BCUT2D eigenvalue weighted by Gasteiger charge is 2.18. The first-order valence-electron chi connectivity index (χ1n) is 8.74. The lowest BCUT2D eigenvalue weighted by Crippen LogP contribution is -2.15.